The second-order valence-electron chi connectivity index (χ2n) is 8.12. The van der Waals surface area contributed by atoms with Crippen molar-refractivity contribution in [1.29, 1.82) is 5.26 Å². The van der Waals surface area contributed by atoms with Crippen molar-refractivity contribution in [2.24, 2.45) is 0 Å². The minimum Gasteiger partial charge on any atom is -0.500 e. The van der Waals surface area contributed by atoms with Gasteiger partial charge in [0.05, 0.1) is 17.2 Å². The van der Waals surface area contributed by atoms with Gasteiger partial charge < -0.3 is 14.4 Å². The average molecular weight is 664 g/mol. The van der Waals surface area contributed by atoms with Crippen molar-refractivity contribution < 1.29 is 32.7 Å². The summed E-state index contributed by atoms with van der Waals surface area (Å²) in [6, 6.07) is 29.2. The predicted molar refractivity (Wildman–Crippen MR) is 143 cm³/mol. The molecule has 3 aromatic heterocycles. The Morgan fingerprint density at radius 2 is 1.76 bits per heavy atom. The van der Waals surface area contributed by atoms with Crippen LogP contribution in [-0.2, 0) is 20.1 Å². The topological polar surface area (TPSA) is 62.7 Å². The molecule has 3 heterocycles. The molecule has 0 saturated carbocycles. The van der Waals surface area contributed by atoms with Crippen molar-refractivity contribution in [3.05, 3.63) is 120 Å². The number of aromatic nitrogens is 2. The van der Waals surface area contributed by atoms with E-state index in [1.807, 2.05) is 49.4 Å². The van der Waals surface area contributed by atoms with E-state index in [1.54, 1.807) is 18.3 Å². The molecule has 1 radical (unpaired) electrons. The molecule has 6 rings (SSSR count). The van der Waals surface area contributed by atoms with Gasteiger partial charge in [-0.3, -0.25) is 0 Å². The van der Waals surface area contributed by atoms with E-state index in [9.17, 15) is 0 Å². The van der Waals surface area contributed by atoms with Gasteiger partial charge in [-0.2, -0.15) is 5.26 Å². The van der Waals surface area contributed by atoms with Gasteiger partial charge in [-0.25, -0.2) is 0 Å². The minimum atomic E-state index is -2.18. The number of hydrogen-bond acceptors (Lipinski definition) is 4. The molecular weight excluding hydrogens is 635 g/mol. The maximum atomic E-state index is 9.17. The Hall–Kier alpha value is -4.10. The molecule has 0 bridgehead atoms. The first kappa shape index (κ1) is 19.1. The summed E-state index contributed by atoms with van der Waals surface area (Å²) in [5.41, 5.74) is 6.38. The van der Waals surface area contributed by atoms with E-state index in [4.69, 9.17) is 17.9 Å². The Kier molecular flexibility index (Phi) is 5.83. The average Bonchev–Trinajstić information content (AvgIpc) is 3.37. The maximum absolute atomic E-state index is 9.17. The molecule has 3 aromatic carbocycles. The number of benzene rings is 3. The monoisotopic (exact) mass is 664 g/mol. The van der Waals surface area contributed by atoms with E-state index in [0.717, 1.165) is 38.8 Å². The fraction of sp³-hybridized carbons (Fsp3) is 0.0938. The maximum Gasteiger partial charge on any atom is 0.123 e. The van der Waals surface area contributed by atoms with E-state index in [2.05, 4.69) is 28.2 Å². The molecule has 0 fully saturated rings. The van der Waals surface area contributed by atoms with Gasteiger partial charge in [0, 0.05) is 46.1 Å². The molecule has 0 saturated heterocycles. The van der Waals surface area contributed by atoms with E-state index >= 15 is 0 Å². The van der Waals surface area contributed by atoms with Crippen molar-refractivity contribution in [1.82, 2.24) is 9.97 Å². The number of pyridine rings is 2. The zero-order chi connectivity index (χ0) is 30.1. The van der Waals surface area contributed by atoms with Crippen LogP contribution in [0.15, 0.2) is 89.6 Å². The molecule has 5 heteroatoms. The standard InChI is InChI=1S/C19H11N2O.C13H12N.Ir/c1-12-9-13(11-20)10-16-14-5-4-6-15(19(14)22-18(12)16)17-7-2-3-8-21-17;1-10-3-6-12(7-4-10)13-8-5-11(2)9-14-13;/h2-5,7-10H,1H3;3-6,8-9H,1-2H3;/q2*-1;/i;1D3,2D3;. The van der Waals surface area contributed by atoms with Crippen molar-refractivity contribution in [3.63, 3.8) is 0 Å². The second-order valence-corrected chi connectivity index (χ2v) is 8.12. The molecule has 4 nitrogen and oxygen atoms in total. The van der Waals surface area contributed by atoms with Gasteiger partial charge in [0.1, 0.15) is 5.58 Å². The van der Waals surface area contributed by atoms with Crippen LogP contribution >= 0.6 is 0 Å². The van der Waals surface area contributed by atoms with Crippen LogP contribution in [0.25, 0.3) is 44.5 Å². The third-order valence-corrected chi connectivity index (χ3v) is 5.62. The van der Waals surface area contributed by atoms with Crippen LogP contribution in [0.4, 0.5) is 0 Å². The summed E-state index contributed by atoms with van der Waals surface area (Å²) < 4.78 is 49.7. The summed E-state index contributed by atoms with van der Waals surface area (Å²) in [4.78, 5) is 8.46. The van der Waals surface area contributed by atoms with Crippen LogP contribution < -0.4 is 0 Å². The third-order valence-electron chi connectivity index (χ3n) is 5.62. The predicted octanol–water partition coefficient (Wildman–Crippen LogP) is 7.79. The summed E-state index contributed by atoms with van der Waals surface area (Å²) >= 11 is 0. The summed E-state index contributed by atoms with van der Waals surface area (Å²) in [6.07, 6.45) is 3.05. The summed E-state index contributed by atoms with van der Waals surface area (Å²) in [7, 11) is 0. The summed E-state index contributed by atoms with van der Waals surface area (Å²) in [5, 5.41) is 11.1. The van der Waals surface area contributed by atoms with Crippen molar-refractivity contribution in [2.75, 3.05) is 0 Å². The van der Waals surface area contributed by atoms with Crippen LogP contribution in [0.2, 0.25) is 0 Å². The van der Waals surface area contributed by atoms with Gasteiger partial charge in [0.15, 0.2) is 0 Å². The Bertz CT molecular complexity index is 1850. The number of rotatable bonds is 2. The van der Waals surface area contributed by atoms with Gasteiger partial charge in [-0.05, 0) is 54.5 Å². The zero-order valence-electron chi connectivity index (χ0n) is 25.7. The number of nitriles is 1. The van der Waals surface area contributed by atoms with Gasteiger partial charge in [0.25, 0.3) is 0 Å². The molecule has 0 spiro atoms. The molecule has 0 aliphatic rings. The van der Waals surface area contributed by atoms with Crippen LogP contribution in [0.1, 0.15) is 30.5 Å². The normalized spacial score (nSPS) is 13.4. The third kappa shape index (κ3) is 5.52. The van der Waals surface area contributed by atoms with Gasteiger partial charge in [-0.1, -0.05) is 42.1 Å². The number of furan rings is 1. The molecule has 6 aromatic rings. The largest absolute Gasteiger partial charge is 0.500 e. The fourth-order valence-corrected chi connectivity index (χ4v) is 3.92. The second kappa shape index (κ2) is 11.3. The first-order valence-corrected chi connectivity index (χ1v) is 11.1. The Balaban J connectivity index is 0.000000194. The minimum absolute atomic E-state index is 0. The fourth-order valence-electron chi connectivity index (χ4n) is 3.92. The summed E-state index contributed by atoms with van der Waals surface area (Å²) in [6.45, 7) is -2.39. The Morgan fingerprint density at radius 1 is 0.892 bits per heavy atom. The van der Waals surface area contributed by atoms with Crippen molar-refractivity contribution in [2.45, 2.75) is 20.6 Å². The number of aryl methyl sites for hydroxylation is 3. The quantitative estimate of drug-likeness (QED) is 0.178. The van der Waals surface area contributed by atoms with Gasteiger partial charge in [-0.15, -0.1) is 53.6 Å². The number of nitrogens with zero attached hydrogens (tertiary/aromatic N) is 3. The first-order valence-electron chi connectivity index (χ1n) is 14.1. The molecule has 0 unspecified atom stereocenters. The van der Waals surface area contributed by atoms with Crippen LogP contribution in [0.3, 0.4) is 0 Å². The Morgan fingerprint density at radius 3 is 2.43 bits per heavy atom. The van der Waals surface area contributed by atoms with E-state index < -0.39 is 13.7 Å². The molecule has 37 heavy (non-hydrogen) atoms. The van der Waals surface area contributed by atoms with E-state index in [-0.39, 0.29) is 31.2 Å². The smallest absolute Gasteiger partial charge is 0.123 e. The number of hydrogen-bond donors (Lipinski definition) is 0. The van der Waals surface area contributed by atoms with Crippen LogP contribution in [0, 0.1) is 44.1 Å². The first-order chi connectivity index (χ1) is 20.0. The van der Waals surface area contributed by atoms with Crippen LogP contribution in [0.5, 0.6) is 0 Å². The van der Waals surface area contributed by atoms with Crippen LogP contribution in [-0.4, -0.2) is 9.97 Å². The Labute approximate surface area is 238 Å². The van der Waals surface area contributed by atoms with Crippen molar-refractivity contribution in [3.8, 4) is 28.6 Å². The van der Waals surface area contributed by atoms with Gasteiger partial charge >= 0.3 is 0 Å². The molecular formula is C32H23IrN3O-2. The summed E-state index contributed by atoms with van der Waals surface area (Å²) in [5.74, 6) is 0. The van der Waals surface area contributed by atoms with Gasteiger partial charge in [0.2, 0.25) is 0 Å². The molecule has 0 atom stereocenters. The molecule has 0 amide bonds. The molecule has 183 valence electrons. The zero-order valence-corrected chi connectivity index (χ0v) is 22.1. The molecule has 0 aliphatic carbocycles. The molecule has 0 N–H and O–H groups in total. The van der Waals surface area contributed by atoms with E-state index in [1.165, 1.54) is 24.4 Å². The molecule has 0 aliphatic heterocycles. The van der Waals surface area contributed by atoms with Crippen molar-refractivity contribution >= 4 is 21.9 Å². The number of fused-ring (bicyclic) bond motifs is 3. The van der Waals surface area contributed by atoms with E-state index in [0.29, 0.717) is 16.8 Å². The SMILES string of the molecule is Cc1cc(C#N)cc2c1oc1c(-c3ccccn3)[c-]ccc12.[2H]C([2H])([2H])c1c[c-]c(-c2ccc(C([2H])([2H])[2H])cn2)cc1.[Ir].